The van der Waals surface area contributed by atoms with Crippen molar-refractivity contribution >= 4 is 11.5 Å². The maximum Gasteiger partial charge on any atom is 0.160 e. The predicted molar refractivity (Wildman–Crippen MR) is 84.9 cm³/mol. The lowest BCUT2D eigenvalue weighted by Gasteiger charge is -2.42. The van der Waals surface area contributed by atoms with Crippen LogP contribution in [0.2, 0.25) is 0 Å². The topological polar surface area (TPSA) is 69.8 Å². The highest BCUT2D eigenvalue weighted by atomic mass is 15.4. The van der Waals surface area contributed by atoms with E-state index in [2.05, 4.69) is 41.2 Å². The van der Waals surface area contributed by atoms with Gasteiger partial charge in [0.1, 0.15) is 17.9 Å². The molecule has 1 aliphatic heterocycles. The second-order valence-corrected chi connectivity index (χ2v) is 5.55. The molecule has 0 saturated heterocycles. The Morgan fingerprint density at radius 1 is 1.48 bits per heavy atom. The van der Waals surface area contributed by atoms with E-state index in [1.165, 1.54) is 12.8 Å². The Balaban J connectivity index is 2.41. The van der Waals surface area contributed by atoms with Crippen LogP contribution in [0.5, 0.6) is 0 Å². The quantitative estimate of drug-likeness (QED) is 0.845. The number of unbranched alkanes of at least 4 members (excludes halogenated alkanes) is 1. The second kappa shape index (κ2) is 6.74. The van der Waals surface area contributed by atoms with Gasteiger partial charge >= 0.3 is 0 Å². The third-order valence-corrected chi connectivity index (χ3v) is 4.09. The molecule has 1 unspecified atom stereocenters. The molecule has 116 valence electrons. The van der Waals surface area contributed by atoms with Crippen LogP contribution in [-0.4, -0.2) is 38.6 Å². The van der Waals surface area contributed by atoms with Crippen molar-refractivity contribution in [2.75, 3.05) is 7.05 Å². The zero-order chi connectivity index (χ0) is 15.4. The Bertz CT molecular complexity index is 518. The third-order valence-electron chi connectivity index (χ3n) is 4.09. The second-order valence-electron chi connectivity index (χ2n) is 5.55. The maximum absolute atomic E-state index is 8.62. The highest BCUT2D eigenvalue weighted by Crippen LogP contribution is 2.34. The molecular formula is C15H26N6. The van der Waals surface area contributed by atoms with Gasteiger partial charge in [-0.25, -0.2) is 0 Å². The fourth-order valence-electron chi connectivity index (χ4n) is 3.00. The smallest absolute Gasteiger partial charge is 0.160 e. The van der Waals surface area contributed by atoms with E-state index in [0.29, 0.717) is 11.9 Å². The van der Waals surface area contributed by atoms with Crippen LogP contribution in [-0.2, 0) is 0 Å². The first-order valence-electron chi connectivity index (χ1n) is 7.80. The van der Waals surface area contributed by atoms with E-state index in [1.54, 1.807) is 6.33 Å². The molecular weight excluding hydrogens is 264 g/mol. The molecule has 0 bridgehead atoms. The van der Waals surface area contributed by atoms with Gasteiger partial charge in [-0.15, -0.1) is 10.2 Å². The summed E-state index contributed by atoms with van der Waals surface area (Å²) < 4.78 is 1.93. The number of amidine groups is 1. The lowest BCUT2D eigenvalue weighted by molar-refractivity contribution is 0.214. The normalized spacial score (nSPS) is 21.5. The van der Waals surface area contributed by atoms with Crippen LogP contribution >= 0.6 is 0 Å². The summed E-state index contributed by atoms with van der Waals surface area (Å²) in [4.78, 5) is 2.20. The number of hydrogen-bond donors (Lipinski definition) is 2. The summed E-state index contributed by atoms with van der Waals surface area (Å²) in [5.41, 5.74) is 0.811. The summed E-state index contributed by atoms with van der Waals surface area (Å²) >= 11 is 0. The van der Waals surface area contributed by atoms with Crippen molar-refractivity contribution in [1.29, 1.82) is 5.41 Å². The van der Waals surface area contributed by atoms with Crippen LogP contribution in [0.1, 0.15) is 58.3 Å². The number of hydrogen-bond acceptors (Lipinski definition) is 4. The van der Waals surface area contributed by atoms with Crippen molar-refractivity contribution < 1.29 is 0 Å². The molecule has 1 aliphatic rings. The highest BCUT2D eigenvalue weighted by molar-refractivity contribution is 6.16. The number of aromatic nitrogens is 3. The largest absolute Gasteiger partial charge is 0.392 e. The van der Waals surface area contributed by atoms with Crippen molar-refractivity contribution in [2.45, 2.75) is 58.5 Å². The van der Waals surface area contributed by atoms with E-state index in [4.69, 9.17) is 5.41 Å². The van der Waals surface area contributed by atoms with Gasteiger partial charge in [-0.1, -0.05) is 26.7 Å². The molecule has 0 aromatic carbocycles. The SMILES string of the molecule is CCCCC(C)N1C(=N)/C(=C\NC)n2cnnc2[C@H]1CC. The van der Waals surface area contributed by atoms with Crippen LogP contribution in [0.4, 0.5) is 0 Å². The summed E-state index contributed by atoms with van der Waals surface area (Å²) in [6.45, 7) is 6.55. The number of rotatable bonds is 6. The summed E-state index contributed by atoms with van der Waals surface area (Å²) in [5.74, 6) is 1.48. The van der Waals surface area contributed by atoms with E-state index < -0.39 is 0 Å². The summed E-state index contributed by atoms with van der Waals surface area (Å²) in [6.07, 6.45) is 7.92. The standard InChI is InChI=1S/C15H26N6/c1-5-7-8-11(3)21-12(6-2)15-19-18-10-20(15)13(9-17-4)14(21)16/h9-12,16-17H,5-8H2,1-4H3/b13-9+,16-14?/t11?,12-/m1/s1. The van der Waals surface area contributed by atoms with E-state index >= 15 is 0 Å². The van der Waals surface area contributed by atoms with Crippen LogP contribution in [0.3, 0.4) is 0 Å². The van der Waals surface area contributed by atoms with Gasteiger partial charge in [0.25, 0.3) is 0 Å². The fraction of sp³-hybridized carbons (Fsp3) is 0.667. The molecule has 2 N–H and O–H groups in total. The summed E-state index contributed by atoms with van der Waals surface area (Å²) in [5, 5.41) is 20.0. The molecule has 6 heteroatoms. The molecule has 1 aromatic rings. The molecule has 0 radical (unpaired) electrons. The van der Waals surface area contributed by atoms with Crippen molar-refractivity contribution in [1.82, 2.24) is 25.0 Å². The Kier molecular flexibility index (Phi) is 4.98. The summed E-state index contributed by atoms with van der Waals surface area (Å²) in [6, 6.07) is 0.453. The van der Waals surface area contributed by atoms with E-state index in [1.807, 2.05) is 17.8 Å². The number of nitrogens with one attached hydrogen (secondary N) is 2. The molecule has 0 amide bonds. The van der Waals surface area contributed by atoms with E-state index in [-0.39, 0.29) is 6.04 Å². The molecule has 6 nitrogen and oxygen atoms in total. The Labute approximate surface area is 126 Å². The molecule has 2 heterocycles. The van der Waals surface area contributed by atoms with Crippen LogP contribution in [0, 0.1) is 5.41 Å². The number of fused-ring (bicyclic) bond motifs is 1. The fourth-order valence-corrected chi connectivity index (χ4v) is 3.00. The van der Waals surface area contributed by atoms with Crippen LogP contribution < -0.4 is 5.32 Å². The zero-order valence-electron chi connectivity index (χ0n) is 13.4. The molecule has 0 aliphatic carbocycles. The van der Waals surface area contributed by atoms with Gasteiger partial charge in [-0.3, -0.25) is 9.98 Å². The minimum Gasteiger partial charge on any atom is -0.392 e. The maximum atomic E-state index is 8.62. The summed E-state index contributed by atoms with van der Waals surface area (Å²) in [7, 11) is 1.85. The minimum atomic E-state index is 0.126. The number of nitrogens with zero attached hydrogens (tertiary/aromatic N) is 4. The van der Waals surface area contributed by atoms with Crippen molar-refractivity contribution in [2.24, 2.45) is 0 Å². The first-order valence-corrected chi connectivity index (χ1v) is 7.80. The average molecular weight is 290 g/mol. The Morgan fingerprint density at radius 2 is 2.24 bits per heavy atom. The zero-order valence-corrected chi connectivity index (χ0v) is 13.4. The first kappa shape index (κ1) is 15.5. The van der Waals surface area contributed by atoms with Gasteiger partial charge in [0, 0.05) is 19.3 Å². The Morgan fingerprint density at radius 3 is 2.86 bits per heavy atom. The van der Waals surface area contributed by atoms with Gasteiger partial charge in [-0.05, 0) is 19.8 Å². The molecule has 0 saturated carbocycles. The molecule has 1 aromatic heterocycles. The third kappa shape index (κ3) is 2.80. The molecule has 21 heavy (non-hydrogen) atoms. The predicted octanol–water partition coefficient (Wildman–Crippen LogP) is 2.62. The average Bonchev–Trinajstić information content (AvgIpc) is 2.96. The van der Waals surface area contributed by atoms with Gasteiger partial charge in [-0.2, -0.15) is 0 Å². The van der Waals surface area contributed by atoms with E-state index in [0.717, 1.165) is 24.4 Å². The monoisotopic (exact) mass is 290 g/mol. The first-order chi connectivity index (χ1) is 10.2. The van der Waals surface area contributed by atoms with Crippen LogP contribution in [0.25, 0.3) is 5.70 Å². The molecule has 0 fully saturated rings. The van der Waals surface area contributed by atoms with Crippen LogP contribution in [0.15, 0.2) is 12.5 Å². The van der Waals surface area contributed by atoms with Crippen molar-refractivity contribution in [3.05, 3.63) is 18.4 Å². The lowest BCUT2D eigenvalue weighted by Crippen LogP contribution is -2.46. The van der Waals surface area contributed by atoms with Gasteiger partial charge in [0.15, 0.2) is 5.82 Å². The Hall–Kier alpha value is -1.85. The van der Waals surface area contributed by atoms with E-state index in [9.17, 15) is 0 Å². The van der Waals surface area contributed by atoms with Crippen molar-refractivity contribution in [3.63, 3.8) is 0 Å². The molecule has 0 spiro atoms. The minimum absolute atomic E-state index is 0.126. The molecule has 2 atom stereocenters. The van der Waals surface area contributed by atoms with Crippen molar-refractivity contribution in [3.8, 4) is 0 Å². The van der Waals surface area contributed by atoms with Gasteiger partial charge < -0.3 is 10.2 Å². The van der Waals surface area contributed by atoms with Gasteiger partial charge in [0.05, 0.1) is 6.04 Å². The van der Waals surface area contributed by atoms with Gasteiger partial charge in [0.2, 0.25) is 0 Å². The highest BCUT2D eigenvalue weighted by Gasteiger charge is 2.36. The lowest BCUT2D eigenvalue weighted by atomic mass is 10.0. The molecule has 2 rings (SSSR count).